The Labute approximate surface area is 141 Å². The van der Waals surface area contributed by atoms with Crippen molar-refractivity contribution in [3.63, 3.8) is 0 Å². The van der Waals surface area contributed by atoms with Crippen LogP contribution < -0.4 is 5.43 Å². The Morgan fingerprint density at radius 2 is 2.12 bits per heavy atom. The zero-order valence-electron chi connectivity index (χ0n) is 13.9. The third-order valence-corrected chi connectivity index (χ3v) is 3.69. The standard InChI is InChI=1S/C17H21N5O2/c1-3-24-10-9-15-16(14-7-5-4-6-8-14)18-11-21-12-22(19-13(2)23)20-17(15)21/h4-8,11H,3,9-10,12H2,1-2H3,(H,19,23). The molecular formula is C17H21N5O2. The largest absolute Gasteiger partial charge is 0.381 e. The second kappa shape index (κ2) is 7.27. The summed E-state index contributed by atoms with van der Waals surface area (Å²) in [5.41, 5.74) is 5.65. The molecule has 2 aliphatic rings. The first-order chi connectivity index (χ1) is 11.7. The van der Waals surface area contributed by atoms with Crippen molar-refractivity contribution in [2.75, 3.05) is 19.9 Å². The van der Waals surface area contributed by atoms with E-state index in [0.29, 0.717) is 26.3 Å². The second-order valence-corrected chi connectivity index (χ2v) is 5.49. The highest BCUT2D eigenvalue weighted by Crippen LogP contribution is 2.29. The first-order valence-electron chi connectivity index (χ1n) is 8.00. The molecule has 0 bridgehead atoms. The lowest BCUT2D eigenvalue weighted by atomic mass is 10.0. The smallest absolute Gasteiger partial charge is 0.236 e. The van der Waals surface area contributed by atoms with Crippen molar-refractivity contribution in [3.05, 3.63) is 41.5 Å². The van der Waals surface area contributed by atoms with Crippen LogP contribution in [0.1, 0.15) is 25.8 Å². The van der Waals surface area contributed by atoms with Crippen LogP contribution >= 0.6 is 0 Å². The van der Waals surface area contributed by atoms with Crippen LogP contribution in [0, 0.1) is 0 Å². The molecule has 0 radical (unpaired) electrons. The lowest BCUT2D eigenvalue weighted by molar-refractivity contribution is -0.123. The number of fused-ring (bicyclic) bond motifs is 1. The number of hydrogen-bond acceptors (Lipinski definition) is 6. The maximum Gasteiger partial charge on any atom is 0.236 e. The molecule has 2 heterocycles. The summed E-state index contributed by atoms with van der Waals surface area (Å²) in [5.74, 6) is 0.650. The minimum absolute atomic E-state index is 0.153. The average Bonchev–Trinajstić information content (AvgIpc) is 2.98. The molecule has 0 aromatic heterocycles. The van der Waals surface area contributed by atoms with E-state index in [1.54, 1.807) is 6.34 Å². The minimum atomic E-state index is -0.153. The fraction of sp³-hybridized carbons (Fsp3) is 0.353. The molecule has 2 aliphatic heterocycles. The van der Waals surface area contributed by atoms with Gasteiger partial charge in [0, 0.05) is 31.1 Å². The van der Waals surface area contributed by atoms with Crippen LogP contribution in [-0.4, -0.2) is 48.0 Å². The number of carbonyl (C=O) groups excluding carboxylic acids is 1. The first kappa shape index (κ1) is 16.2. The van der Waals surface area contributed by atoms with Crippen molar-refractivity contribution < 1.29 is 9.53 Å². The Morgan fingerprint density at radius 3 is 2.83 bits per heavy atom. The topological polar surface area (TPSA) is 69.5 Å². The summed E-state index contributed by atoms with van der Waals surface area (Å²) in [6.07, 6.45) is 2.46. The van der Waals surface area contributed by atoms with Crippen LogP contribution in [0.25, 0.3) is 5.70 Å². The van der Waals surface area contributed by atoms with E-state index >= 15 is 0 Å². The average molecular weight is 327 g/mol. The number of nitrogens with one attached hydrogen (secondary N) is 1. The number of carbonyl (C=O) groups is 1. The summed E-state index contributed by atoms with van der Waals surface area (Å²) in [5, 5.41) is 6.05. The Kier molecular flexibility index (Phi) is 4.90. The molecule has 0 fully saturated rings. The van der Waals surface area contributed by atoms with E-state index in [4.69, 9.17) is 4.74 Å². The molecule has 24 heavy (non-hydrogen) atoms. The molecule has 0 aliphatic carbocycles. The summed E-state index contributed by atoms with van der Waals surface area (Å²) in [6.45, 7) is 5.16. The van der Waals surface area contributed by atoms with Gasteiger partial charge in [-0.3, -0.25) is 9.69 Å². The summed E-state index contributed by atoms with van der Waals surface area (Å²) in [6, 6.07) is 10.0. The highest BCUT2D eigenvalue weighted by Gasteiger charge is 2.30. The van der Waals surface area contributed by atoms with Gasteiger partial charge in [0.2, 0.25) is 5.91 Å². The number of nitrogens with zero attached hydrogens (tertiary/aromatic N) is 4. The van der Waals surface area contributed by atoms with E-state index in [-0.39, 0.29) is 5.91 Å². The third kappa shape index (κ3) is 3.46. The number of amides is 1. The van der Waals surface area contributed by atoms with Crippen LogP contribution in [0.15, 0.2) is 46.0 Å². The van der Waals surface area contributed by atoms with Crippen LogP contribution in [0.4, 0.5) is 0 Å². The Morgan fingerprint density at radius 1 is 1.33 bits per heavy atom. The first-order valence-corrected chi connectivity index (χ1v) is 8.00. The molecule has 1 aromatic rings. The van der Waals surface area contributed by atoms with Crippen molar-refractivity contribution in [2.45, 2.75) is 20.3 Å². The number of rotatable bonds is 6. The normalized spacial score (nSPS) is 16.3. The van der Waals surface area contributed by atoms with E-state index in [9.17, 15) is 4.79 Å². The van der Waals surface area contributed by atoms with Gasteiger partial charge in [0.1, 0.15) is 6.67 Å². The molecule has 0 spiro atoms. The number of aliphatic imine (C=N–C) groups is 1. The molecule has 126 valence electrons. The van der Waals surface area contributed by atoms with Gasteiger partial charge in [-0.25, -0.2) is 10.4 Å². The summed E-state index contributed by atoms with van der Waals surface area (Å²) in [7, 11) is 0. The molecule has 1 aromatic carbocycles. The number of hydrogen-bond donors (Lipinski definition) is 1. The molecule has 3 rings (SSSR count). The zero-order chi connectivity index (χ0) is 16.9. The van der Waals surface area contributed by atoms with Gasteiger partial charge in [0.05, 0.1) is 18.6 Å². The van der Waals surface area contributed by atoms with E-state index in [1.165, 1.54) is 12.0 Å². The van der Waals surface area contributed by atoms with E-state index < -0.39 is 0 Å². The number of hydrazine groups is 1. The van der Waals surface area contributed by atoms with Crippen molar-refractivity contribution >= 4 is 23.8 Å². The monoisotopic (exact) mass is 327 g/mol. The molecule has 1 amide bonds. The highest BCUT2D eigenvalue weighted by atomic mass is 16.5. The van der Waals surface area contributed by atoms with Crippen molar-refractivity contribution in [2.24, 2.45) is 10.1 Å². The summed E-state index contributed by atoms with van der Waals surface area (Å²) in [4.78, 5) is 17.8. The fourth-order valence-electron chi connectivity index (χ4n) is 2.69. The maximum absolute atomic E-state index is 11.3. The van der Waals surface area contributed by atoms with Crippen LogP contribution in [0.3, 0.4) is 0 Å². The Hall–Kier alpha value is -2.67. The molecular weight excluding hydrogens is 306 g/mol. The fourth-order valence-corrected chi connectivity index (χ4v) is 2.69. The number of ether oxygens (including phenoxy) is 1. The van der Waals surface area contributed by atoms with Crippen molar-refractivity contribution in [3.8, 4) is 0 Å². The quantitative estimate of drug-likeness (QED) is 0.809. The number of amidine groups is 1. The third-order valence-electron chi connectivity index (χ3n) is 3.69. The molecule has 0 saturated carbocycles. The second-order valence-electron chi connectivity index (χ2n) is 5.49. The molecule has 0 atom stereocenters. The van der Waals surface area contributed by atoms with Gasteiger partial charge in [-0.2, -0.15) is 5.12 Å². The lowest BCUT2D eigenvalue weighted by Crippen LogP contribution is -2.40. The summed E-state index contributed by atoms with van der Waals surface area (Å²) < 4.78 is 5.52. The van der Waals surface area contributed by atoms with Gasteiger partial charge in [-0.15, -0.1) is 5.10 Å². The SMILES string of the molecule is CCOCCC1=C(c2ccccc2)N=CN2CN(NC(C)=O)N=C12. The van der Waals surface area contributed by atoms with Gasteiger partial charge < -0.3 is 4.74 Å². The Bertz CT molecular complexity index is 696. The van der Waals surface area contributed by atoms with E-state index in [0.717, 1.165) is 22.7 Å². The van der Waals surface area contributed by atoms with Crippen LogP contribution in [0.2, 0.25) is 0 Å². The van der Waals surface area contributed by atoms with E-state index in [1.807, 2.05) is 42.2 Å². The predicted molar refractivity (Wildman–Crippen MR) is 92.8 cm³/mol. The lowest BCUT2D eigenvalue weighted by Gasteiger charge is -2.23. The summed E-state index contributed by atoms with van der Waals surface area (Å²) >= 11 is 0. The van der Waals surface area contributed by atoms with Crippen LogP contribution in [-0.2, 0) is 9.53 Å². The molecule has 7 nitrogen and oxygen atoms in total. The predicted octanol–water partition coefficient (Wildman–Crippen LogP) is 1.81. The van der Waals surface area contributed by atoms with Gasteiger partial charge in [-0.1, -0.05) is 30.3 Å². The van der Waals surface area contributed by atoms with Crippen molar-refractivity contribution in [1.29, 1.82) is 0 Å². The van der Waals surface area contributed by atoms with Gasteiger partial charge in [0.15, 0.2) is 5.84 Å². The maximum atomic E-state index is 11.3. The van der Waals surface area contributed by atoms with Crippen molar-refractivity contribution in [1.82, 2.24) is 15.4 Å². The van der Waals surface area contributed by atoms with Crippen LogP contribution in [0.5, 0.6) is 0 Å². The molecule has 0 unspecified atom stereocenters. The molecule has 1 N–H and O–H groups in total. The molecule has 7 heteroatoms. The number of benzene rings is 1. The minimum Gasteiger partial charge on any atom is -0.381 e. The van der Waals surface area contributed by atoms with Gasteiger partial charge in [-0.05, 0) is 6.92 Å². The van der Waals surface area contributed by atoms with Gasteiger partial charge >= 0.3 is 0 Å². The van der Waals surface area contributed by atoms with E-state index in [2.05, 4.69) is 15.5 Å². The Balaban J connectivity index is 1.94. The zero-order valence-corrected chi connectivity index (χ0v) is 13.9. The number of hydrazone groups is 1. The van der Waals surface area contributed by atoms with Gasteiger partial charge in [0.25, 0.3) is 0 Å². The highest BCUT2D eigenvalue weighted by molar-refractivity contribution is 6.12. The molecule has 0 saturated heterocycles.